The number of aliphatic hydroxyl groups is 3. The normalized spacial score (nSPS) is 26.0. The number of rotatable bonds is 5. The van der Waals surface area contributed by atoms with Crippen molar-refractivity contribution in [1.82, 2.24) is 0 Å². The first-order valence-electron chi connectivity index (χ1n) is 13.6. The molecule has 40 heavy (non-hydrogen) atoms. The van der Waals surface area contributed by atoms with Crippen LogP contribution in [0.3, 0.4) is 0 Å². The standard InChI is InChI=1S/C33H34O7/c1-15(2)12-18-6-8-19(9-7-18)21-10-11-24(35)28-22(21)13-20-14-23-25(16(3)4)29(36)26(17(5)34)31(38)33(23,40)32(39)27(20)30(28)37/h6-11,16,20,23,25,35,37-38,40H,1,12-14H2,2-5H3. The summed E-state index contributed by atoms with van der Waals surface area (Å²) in [5, 5.41) is 45.1. The van der Waals surface area contributed by atoms with Gasteiger partial charge in [0.05, 0.1) is 5.56 Å². The number of phenolic OH excluding ortho intramolecular Hbond substituents is 1. The maximum atomic E-state index is 14.0. The summed E-state index contributed by atoms with van der Waals surface area (Å²) in [5.74, 6) is -6.65. The Morgan fingerprint density at radius 2 is 1.70 bits per heavy atom. The Bertz CT molecular complexity index is 1540. The molecule has 4 unspecified atom stereocenters. The number of Topliss-reactive ketones (excluding diaryl/α,β-unsaturated/α-hetero) is 3. The van der Waals surface area contributed by atoms with Crippen LogP contribution < -0.4 is 0 Å². The molecule has 0 spiro atoms. The maximum Gasteiger partial charge on any atom is 0.202 e. The zero-order valence-corrected chi connectivity index (χ0v) is 23.1. The molecule has 0 saturated heterocycles. The summed E-state index contributed by atoms with van der Waals surface area (Å²) in [4.78, 5) is 39.7. The van der Waals surface area contributed by atoms with Crippen LogP contribution in [0.25, 0.3) is 16.9 Å². The van der Waals surface area contributed by atoms with Crippen LogP contribution >= 0.6 is 0 Å². The highest BCUT2D eigenvalue weighted by Crippen LogP contribution is 2.55. The molecule has 0 bridgehead atoms. The monoisotopic (exact) mass is 542 g/mol. The van der Waals surface area contributed by atoms with Crippen LogP contribution in [0.1, 0.15) is 50.8 Å². The van der Waals surface area contributed by atoms with Gasteiger partial charge in [-0.2, -0.15) is 0 Å². The number of benzene rings is 2. The van der Waals surface area contributed by atoms with Crippen molar-refractivity contribution in [3.63, 3.8) is 0 Å². The minimum absolute atomic E-state index is 0.104. The van der Waals surface area contributed by atoms with Crippen LogP contribution in [-0.4, -0.2) is 43.4 Å². The number of hydrogen-bond donors (Lipinski definition) is 4. The first-order chi connectivity index (χ1) is 18.8. The topological polar surface area (TPSA) is 132 Å². The van der Waals surface area contributed by atoms with Crippen molar-refractivity contribution in [3.05, 3.63) is 82.1 Å². The number of fused-ring (bicyclic) bond motifs is 3. The molecular weight excluding hydrogens is 508 g/mol. The van der Waals surface area contributed by atoms with Crippen molar-refractivity contribution in [3.8, 4) is 16.9 Å². The van der Waals surface area contributed by atoms with Crippen LogP contribution in [0, 0.1) is 23.7 Å². The predicted molar refractivity (Wildman–Crippen MR) is 151 cm³/mol. The molecule has 0 heterocycles. The van der Waals surface area contributed by atoms with Crippen LogP contribution in [0.2, 0.25) is 0 Å². The number of carbonyl (C=O) groups is 3. The van der Waals surface area contributed by atoms with Crippen LogP contribution in [-0.2, 0) is 27.2 Å². The Balaban J connectivity index is 1.68. The van der Waals surface area contributed by atoms with E-state index in [1.807, 2.05) is 31.2 Å². The fourth-order valence-electron chi connectivity index (χ4n) is 7.01. The summed E-state index contributed by atoms with van der Waals surface area (Å²) < 4.78 is 0. The first kappa shape index (κ1) is 27.6. The third-order valence-corrected chi connectivity index (χ3v) is 8.73. The molecule has 2 aromatic carbocycles. The van der Waals surface area contributed by atoms with Crippen molar-refractivity contribution in [2.24, 2.45) is 23.7 Å². The highest BCUT2D eigenvalue weighted by Gasteiger charge is 2.63. The second kappa shape index (κ2) is 9.59. The lowest BCUT2D eigenvalue weighted by Gasteiger charge is -2.50. The highest BCUT2D eigenvalue weighted by atomic mass is 16.3. The molecule has 1 saturated carbocycles. The van der Waals surface area contributed by atoms with Gasteiger partial charge in [-0.15, -0.1) is 0 Å². The van der Waals surface area contributed by atoms with E-state index in [1.165, 1.54) is 6.07 Å². The van der Waals surface area contributed by atoms with E-state index in [9.17, 15) is 34.8 Å². The van der Waals surface area contributed by atoms with E-state index in [4.69, 9.17) is 0 Å². The lowest BCUT2D eigenvalue weighted by Crippen LogP contribution is -2.61. The smallest absolute Gasteiger partial charge is 0.202 e. The number of aliphatic hydroxyl groups excluding tert-OH is 2. The zero-order chi connectivity index (χ0) is 29.3. The van der Waals surface area contributed by atoms with E-state index in [0.717, 1.165) is 35.6 Å². The van der Waals surface area contributed by atoms with E-state index in [-0.39, 0.29) is 35.6 Å². The summed E-state index contributed by atoms with van der Waals surface area (Å²) in [6.07, 6.45) is 1.14. The minimum atomic E-state index is -2.53. The van der Waals surface area contributed by atoms with E-state index in [0.29, 0.717) is 5.56 Å². The molecule has 7 nitrogen and oxygen atoms in total. The molecule has 7 heteroatoms. The maximum absolute atomic E-state index is 14.0. The summed E-state index contributed by atoms with van der Waals surface area (Å²) >= 11 is 0. The molecule has 0 radical (unpaired) electrons. The van der Waals surface area contributed by atoms with Crippen molar-refractivity contribution < 1.29 is 34.8 Å². The molecule has 4 N–H and O–H groups in total. The number of carbonyl (C=O) groups excluding carboxylic acids is 3. The third kappa shape index (κ3) is 3.94. The molecule has 2 aromatic rings. The summed E-state index contributed by atoms with van der Waals surface area (Å²) in [5.41, 5.74) is 1.35. The average molecular weight is 543 g/mol. The summed E-state index contributed by atoms with van der Waals surface area (Å²) in [6.45, 7) is 10.6. The Morgan fingerprint density at radius 1 is 1.05 bits per heavy atom. The predicted octanol–water partition coefficient (Wildman–Crippen LogP) is 5.20. The molecule has 1 fully saturated rings. The number of phenols is 1. The van der Waals surface area contributed by atoms with Gasteiger partial charge in [-0.25, -0.2) is 0 Å². The van der Waals surface area contributed by atoms with Gasteiger partial charge < -0.3 is 20.4 Å². The van der Waals surface area contributed by atoms with Crippen molar-refractivity contribution in [2.45, 2.75) is 52.6 Å². The first-order valence-corrected chi connectivity index (χ1v) is 13.6. The lowest BCUT2D eigenvalue weighted by atomic mass is 9.54. The highest BCUT2D eigenvalue weighted by molar-refractivity contribution is 6.24. The van der Waals surface area contributed by atoms with E-state index >= 15 is 0 Å². The van der Waals surface area contributed by atoms with Gasteiger partial charge in [0.2, 0.25) is 5.78 Å². The number of hydrogen-bond acceptors (Lipinski definition) is 7. The van der Waals surface area contributed by atoms with Gasteiger partial charge in [-0.05, 0) is 73.3 Å². The fourth-order valence-corrected chi connectivity index (χ4v) is 7.01. The van der Waals surface area contributed by atoms with E-state index in [1.54, 1.807) is 19.9 Å². The van der Waals surface area contributed by atoms with Crippen molar-refractivity contribution in [1.29, 1.82) is 0 Å². The van der Waals surface area contributed by atoms with Crippen molar-refractivity contribution >= 4 is 23.1 Å². The largest absolute Gasteiger partial charge is 0.508 e. The summed E-state index contributed by atoms with van der Waals surface area (Å²) in [6, 6.07) is 11.2. The Hall–Kier alpha value is -3.97. The van der Waals surface area contributed by atoms with Gasteiger partial charge in [0.1, 0.15) is 22.8 Å². The minimum Gasteiger partial charge on any atom is -0.508 e. The Morgan fingerprint density at radius 3 is 2.27 bits per heavy atom. The van der Waals surface area contributed by atoms with Gasteiger partial charge in [0.25, 0.3) is 0 Å². The second-order valence-corrected chi connectivity index (χ2v) is 11.8. The van der Waals surface area contributed by atoms with Crippen molar-refractivity contribution in [2.75, 3.05) is 0 Å². The number of aromatic hydroxyl groups is 1. The molecule has 3 aliphatic carbocycles. The molecule has 3 aliphatic rings. The van der Waals surface area contributed by atoms with Crippen LogP contribution in [0.15, 0.2) is 65.5 Å². The molecular formula is C33H34O7. The van der Waals surface area contributed by atoms with Crippen LogP contribution in [0.4, 0.5) is 0 Å². The average Bonchev–Trinajstić information content (AvgIpc) is 2.86. The molecule has 5 rings (SSSR count). The van der Waals surface area contributed by atoms with Gasteiger partial charge in [0.15, 0.2) is 17.2 Å². The number of ketones is 3. The SMILES string of the molecule is C=C(C)Cc1ccc(-c2ccc(O)c3c2CC2CC4C(C(C)C)C(=O)C(C(C)=O)=C(O)C4(O)C(=O)C2=C3O)cc1. The lowest BCUT2D eigenvalue weighted by molar-refractivity contribution is -0.155. The third-order valence-electron chi connectivity index (χ3n) is 8.73. The molecule has 0 aliphatic heterocycles. The molecule has 0 amide bonds. The quantitative estimate of drug-likeness (QED) is 0.302. The molecule has 0 aromatic heterocycles. The van der Waals surface area contributed by atoms with Gasteiger partial charge in [-0.3, -0.25) is 14.4 Å². The van der Waals surface area contributed by atoms with Gasteiger partial charge in [-0.1, -0.05) is 56.3 Å². The Kier molecular flexibility index (Phi) is 6.62. The Labute approximate surface area is 233 Å². The summed E-state index contributed by atoms with van der Waals surface area (Å²) in [7, 11) is 0. The fraction of sp³-hybridized carbons (Fsp3) is 0.364. The number of allylic oxidation sites excluding steroid dienone is 2. The van der Waals surface area contributed by atoms with Gasteiger partial charge in [0, 0.05) is 17.4 Å². The van der Waals surface area contributed by atoms with Gasteiger partial charge >= 0.3 is 0 Å². The van der Waals surface area contributed by atoms with E-state index in [2.05, 4.69) is 6.58 Å². The molecule has 4 atom stereocenters. The van der Waals surface area contributed by atoms with Crippen LogP contribution in [0.5, 0.6) is 5.75 Å². The second-order valence-electron chi connectivity index (χ2n) is 11.8. The van der Waals surface area contributed by atoms with E-state index < -0.39 is 57.8 Å². The molecule has 208 valence electrons. The zero-order valence-electron chi connectivity index (χ0n) is 23.1.